The molecule has 0 rings (SSSR count). The van der Waals surface area contributed by atoms with E-state index in [-0.39, 0.29) is 11.9 Å². The van der Waals surface area contributed by atoms with Crippen LogP contribution in [-0.2, 0) is 9.53 Å². The Morgan fingerprint density at radius 3 is 2.50 bits per heavy atom. The molecule has 0 spiro atoms. The molecule has 96 valence electrons. The van der Waals surface area contributed by atoms with Crippen molar-refractivity contribution >= 4 is 5.91 Å². The summed E-state index contributed by atoms with van der Waals surface area (Å²) in [5.41, 5.74) is 0. The number of amides is 1. The van der Waals surface area contributed by atoms with Gasteiger partial charge in [-0.3, -0.25) is 9.69 Å². The van der Waals surface area contributed by atoms with Gasteiger partial charge in [0.15, 0.2) is 0 Å². The van der Waals surface area contributed by atoms with Gasteiger partial charge >= 0.3 is 0 Å². The molecule has 0 saturated heterocycles. The molecule has 4 nitrogen and oxygen atoms in total. The summed E-state index contributed by atoms with van der Waals surface area (Å²) in [5.74, 6) is 0.674. The molecule has 0 bridgehead atoms. The predicted octanol–water partition coefficient (Wildman–Crippen LogP) is 1.12. The number of nitrogens with zero attached hydrogens (tertiary/aromatic N) is 1. The molecule has 1 N–H and O–H groups in total. The van der Waals surface area contributed by atoms with Gasteiger partial charge in [0.1, 0.15) is 0 Å². The second kappa shape index (κ2) is 8.53. The van der Waals surface area contributed by atoms with E-state index >= 15 is 0 Å². The van der Waals surface area contributed by atoms with Crippen LogP contribution in [0.15, 0.2) is 0 Å². The molecule has 16 heavy (non-hydrogen) atoms. The highest BCUT2D eigenvalue weighted by Gasteiger charge is 2.17. The third kappa shape index (κ3) is 6.80. The SMILES string of the molecule is COCCCNC(=O)C(C)N(C)CC(C)C. The molecule has 0 fully saturated rings. The zero-order valence-electron chi connectivity index (χ0n) is 11.2. The minimum atomic E-state index is -0.0649. The fraction of sp³-hybridized carbons (Fsp3) is 0.917. The average molecular weight is 230 g/mol. The van der Waals surface area contributed by atoms with Crippen LogP contribution in [0, 0.1) is 5.92 Å². The van der Waals surface area contributed by atoms with Crippen LogP contribution in [-0.4, -0.2) is 50.7 Å². The molecule has 0 heterocycles. The van der Waals surface area contributed by atoms with Crippen molar-refractivity contribution in [3.8, 4) is 0 Å². The maximum absolute atomic E-state index is 11.7. The van der Waals surface area contributed by atoms with Crippen LogP contribution in [0.2, 0.25) is 0 Å². The lowest BCUT2D eigenvalue weighted by molar-refractivity contribution is -0.125. The summed E-state index contributed by atoms with van der Waals surface area (Å²) in [6, 6.07) is -0.0649. The zero-order chi connectivity index (χ0) is 12.6. The number of carbonyl (C=O) groups excluding carboxylic acids is 1. The molecule has 1 atom stereocenters. The van der Waals surface area contributed by atoms with Crippen LogP contribution >= 0.6 is 0 Å². The minimum Gasteiger partial charge on any atom is -0.385 e. The van der Waals surface area contributed by atoms with E-state index < -0.39 is 0 Å². The Morgan fingerprint density at radius 1 is 1.38 bits per heavy atom. The Bertz CT molecular complexity index is 195. The molecule has 1 amide bonds. The first kappa shape index (κ1) is 15.4. The van der Waals surface area contributed by atoms with E-state index in [2.05, 4.69) is 24.1 Å². The molecule has 1 unspecified atom stereocenters. The van der Waals surface area contributed by atoms with Crippen LogP contribution in [0.1, 0.15) is 27.2 Å². The molecule has 0 aromatic rings. The standard InChI is InChI=1S/C12H26N2O2/c1-10(2)9-14(4)11(3)12(15)13-7-6-8-16-5/h10-11H,6-9H2,1-5H3,(H,13,15). The number of rotatable bonds is 8. The smallest absolute Gasteiger partial charge is 0.237 e. The third-order valence-electron chi connectivity index (χ3n) is 2.52. The molecule has 0 radical (unpaired) electrons. The van der Waals surface area contributed by atoms with Crippen molar-refractivity contribution in [2.75, 3.05) is 33.9 Å². The molecule has 4 heteroatoms. The van der Waals surface area contributed by atoms with Crippen LogP contribution < -0.4 is 5.32 Å². The van der Waals surface area contributed by atoms with Gasteiger partial charge in [-0.05, 0) is 26.3 Å². The molecular formula is C12H26N2O2. The van der Waals surface area contributed by atoms with Gasteiger partial charge in [-0.2, -0.15) is 0 Å². The molecular weight excluding hydrogens is 204 g/mol. The van der Waals surface area contributed by atoms with Gasteiger partial charge in [-0.1, -0.05) is 13.8 Å². The fourth-order valence-electron chi connectivity index (χ4n) is 1.51. The summed E-state index contributed by atoms with van der Waals surface area (Å²) in [6.07, 6.45) is 0.864. The van der Waals surface area contributed by atoms with Gasteiger partial charge in [0.05, 0.1) is 6.04 Å². The van der Waals surface area contributed by atoms with Gasteiger partial charge < -0.3 is 10.1 Å². The van der Waals surface area contributed by atoms with Gasteiger partial charge in [0, 0.05) is 26.8 Å². The normalized spacial score (nSPS) is 13.2. The van der Waals surface area contributed by atoms with Gasteiger partial charge in [0.2, 0.25) is 5.91 Å². The first-order chi connectivity index (χ1) is 7.49. The summed E-state index contributed by atoms with van der Waals surface area (Å²) >= 11 is 0. The maximum atomic E-state index is 11.7. The lowest BCUT2D eigenvalue weighted by atomic mass is 10.2. The summed E-state index contributed by atoms with van der Waals surface area (Å²) in [4.78, 5) is 13.8. The van der Waals surface area contributed by atoms with E-state index in [1.54, 1.807) is 7.11 Å². The highest BCUT2D eigenvalue weighted by atomic mass is 16.5. The molecule has 0 aromatic heterocycles. The van der Waals surface area contributed by atoms with E-state index in [4.69, 9.17) is 4.74 Å². The van der Waals surface area contributed by atoms with Gasteiger partial charge in [-0.25, -0.2) is 0 Å². The second-order valence-corrected chi connectivity index (χ2v) is 4.65. The van der Waals surface area contributed by atoms with E-state index in [0.717, 1.165) is 13.0 Å². The number of likely N-dealkylation sites (N-methyl/N-ethyl adjacent to an activating group) is 1. The number of hydrogen-bond acceptors (Lipinski definition) is 3. The van der Waals surface area contributed by atoms with Crippen molar-refractivity contribution in [1.82, 2.24) is 10.2 Å². The fourth-order valence-corrected chi connectivity index (χ4v) is 1.51. The van der Waals surface area contributed by atoms with E-state index in [9.17, 15) is 4.79 Å². The molecule has 0 aliphatic carbocycles. The van der Waals surface area contributed by atoms with Crippen molar-refractivity contribution in [2.45, 2.75) is 33.2 Å². The van der Waals surface area contributed by atoms with Crippen molar-refractivity contribution in [3.63, 3.8) is 0 Å². The molecule has 0 aliphatic rings. The lowest BCUT2D eigenvalue weighted by Gasteiger charge is -2.25. The predicted molar refractivity (Wildman–Crippen MR) is 66.4 cm³/mol. The Labute approximate surface area is 99.3 Å². The second-order valence-electron chi connectivity index (χ2n) is 4.65. The highest BCUT2D eigenvalue weighted by molar-refractivity contribution is 5.81. The van der Waals surface area contributed by atoms with Crippen LogP contribution in [0.3, 0.4) is 0 Å². The van der Waals surface area contributed by atoms with Crippen LogP contribution in [0.25, 0.3) is 0 Å². The number of ether oxygens (including phenoxy) is 1. The van der Waals surface area contributed by atoms with Gasteiger partial charge in [-0.15, -0.1) is 0 Å². The minimum absolute atomic E-state index is 0.0649. The largest absolute Gasteiger partial charge is 0.385 e. The lowest BCUT2D eigenvalue weighted by Crippen LogP contribution is -2.44. The summed E-state index contributed by atoms with van der Waals surface area (Å²) < 4.78 is 4.92. The summed E-state index contributed by atoms with van der Waals surface area (Å²) in [5, 5.41) is 2.91. The average Bonchev–Trinajstić information content (AvgIpc) is 2.22. The van der Waals surface area contributed by atoms with E-state index in [1.165, 1.54) is 0 Å². The first-order valence-electron chi connectivity index (χ1n) is 5.96. The van der Waals surface area contributed by atoms with Gasteiger partial charge in [0.25, 0.3) is 0 Å². The summed E-state index contributed by atoms with van der Waals surface area (Å²) in [6.45, 7) is 8.56. The topological polar surface area (TPSA) is 41.6 Å². The molecule has 0 saturated carbocycles. The Kier molecular flexibility index (Phi) is 8.21. The van der Waals surface area contributed by atoms with Crippen LogP contribution in [0.4, 0.5) is 0 Å². The number of methoxy groups -OCH3 is 1. The maximum Gasteiger partial charge on any atom is 0.237 e. The first-order valence-corrected chi connectivity index (χ1v) is 5.96. The third-order valence-corrected chi connectivity index (χ3v) is 2.52. The van der Waals surface area contributed by atoms with Crippen molar-refractivity contribution < 1.29 is 9.53 Å². The zero-order valence-corrected chi connectivity index (χ0v) is 11.2. The number of hydrogen-bond donors (Lipinski definition) is 1. The summed E-state index contributed by atoms with van der Waals surface area (Å²) in [7, 11) is 3.65. The Balaban J connectivity index is 3.79. The number of nitrogens with one attached hydrogen (secondary N) is 1. The molecule has 0 aliphatic heterocycles. The Hall–Kier alpha value is -0.610. The highest BCUT2D eigenvalue weighted by Crippen LogP contribution is 2.01. The Morgan fingerprint density at radius 2 is 2.00 bits per heavy atom. The van der Waals surface area contributed by atoms with Crippen molar-refractivity contribution in [1.29, 1.82) is 0 Å². The number of carbonyl (C=O) groups is 1. The van der Waals surface area contributed by atoms with E-state index in [1.807, 2.05) is 14.0 Å². The van der Waals surface area contributed by atoms with Crippen LogP contribution in [0.5, 0.6) is 0 Å². The molecule has 0 aromatic carbocycles. The van der Waals surface area contributed by atoms with Crippen molar-refractivity contribution in [2.24, 2.45) is 5.92 Å². The monoisotopic (exact) mass is 230 g/mol. The van der Waals surface area contributed by atoms with E-state index in [0.29, 0.717) is 19.1 Å². The van der Waals surface area contributed by atoms with Crippen molar-refractivity contribution in [3.05, 3.63) is 0 Å². The quantitative estimate of drug-likeness (QED) is 0.635.